The smallest absolute Gasteiger partial charge is 0.316 e. The van der Waals surface area contributed by atoms with Gasteiger partial charge in [0, 0.05) is 47.3 Å². The molecular weight excluding hydrogens is 440 g/mol. The maximum atomic E-state index is 13.5. The van der Waals surface area contributed by atoms with Gasteiger partial charge in [0.1, 0.15) is 11.2 Å². The lowest BCUT2D eigenvalue weighted by Gasteiger charge is -2.28. The van der Waals surface area contributed by atoms with Crippen molar-refractivity contribution < 1.29 is 14.6 Å². The summed E-state index contributed by atoms with van der Waals surface area (Å²) in [4.78, 5) is 31.3. The highest BCUT2D eigenvalue weighted by molar-refractivity contribution is 6.08. The Labute approximate surface area is 203 Å². The number of carboxylic acids is 1. The lowest BCUT2D eigenvalue weighted by Crippen LogP contribution is -2.35. The van der Waals surface area contributed by atoms with Crippen molar-refractivity contribution in [1.29, 1.82) is 0 Å². The van der Waals surface area contributed by atoms with Crippen molar-refractivity contribution in [2.24, 2.45) is 18.4 Å². The SMILES string of the molecule is Cn1c([C@]2(C(=O)O)CC2C(C)(C)C)c(-c2ccc3c4c(ccnc24)CCO3)c2ccccc2c1=O. The number of ether oxygens (including phenoxy) is 1. The Bertz CT molecular complexity index is 1600. The van der Waals surface area contributed by atoms with Gasteiger partial charge in [0.15, 0.2) is 0 Å². The Morgan fingerprint density at radius 2 is 1.89 bits per heavy atom. The molecular formula is C29H28N2O4. The number of nitrogens with zero attached hydrogens (tertiary/aromatic N) is 2. The van der Waals surface area contributed by atoms with Crippen LogP contribution in [0.25, 0.3) is 32.8 Å². The molecule has 2 aliphatic rings. The third kappa shape index (κ3) is 2.92. The van der Waals surface area contributed by atoms with Crippen LogP contribution < -0.4 is 10.3 Å². The minimum atomic E-state index is -1.15. The molecule has 6 heteroatoms. The summed E-state index contributed by atoms with van der Waals surface area (Å²) in [6.45, 7) is 6.84. The Morgan fingerprint density at radius 1 is 1.14 bits per heavy atom. The Morgan fingerprint density at radius 3 is 2.57 bits per heavy atom. The number of rotatable bonds is 3. The van der Waals surface area contributed by atoms with E-state index in [1.165, 1.54) is 5.56 Å². The van der Waals surface area contributed by atoms with E-state index in [1.807, 2.05) is 48.7 Å². The molecule has 0 amide bonds. The van der Waals surface area contributed by atoms with Crippen molar-refractivity contribution in [1.82, 2.24) is 9.55 Å². The van der Waals surface area contributed by atoms with Crippen molar-refractivity contribution in [2.45, 2.75) is 39.0 Å². The Kier molecular flexibility index (Phi) is 4.47. The molecule has 1 aliphatic carbocycles. The molecule has 3 heterocycles. The van der Waals surface area contributed by atoms with Crippen LogP contribution in [-0.2, 0) is 23.7 Å². The lowest BCUT2D eigenvalue weighted by atomic mass is 9.80. The fraction of sp³-hybridized carbons (Fsp3) is 0.345. The van der Waals surface area contributed by atoms with Crippen LogP contribution in [0.15, 0.2) is 53.5 Å². The summed E-state index contributed by atoms with van der Waals surface area (Å²) in [6, 6.07) is 13.4. The highest BCUT2D eigenvalue weighted by Gasteiger charge is 2.67. The zero-order chi connectivity index (χ0) is 24.7. The highest BCUT2D eigenvalue weighted by atomic mass is 16.5. The van der Waals surface area contributed by atoms with Gasteiger partial charge in [-0.05, 0) is 53.0 Å². The van der Waals surface area contributed by atoms with Gasteiger partial charge in [0.2, 0.25) is 0 Å². The minimum absolute atomic E-state index is 0.103. The molecule has 1 aliphatic heterocycles. The number of aliphatic carboxylic acids is 1. The summed E-state index contributed by atoms with van der Waals surface area (Å²) >= 11 is 0. The summed E-state index contributed by atoms with van der Waals surface area (Å²) in [7, 11) is 1.71. The van der Waals surface area contributed by atoms with E-state index in [0.717, 1.165) is 39.6 Å². The Hall–Kier alpha value is -3.67. The zero-order valence-corrected chi connectivity index (χ0v) is 20.4. The van der Waals surface area contributed by atoms with Gasteiger partial charge in [0.05, 0.1) is 12.1 Å². The number of hydrogen-bond acceptors (Lipinski definition) is 4. The molecule has 6 nitrogen and oxygen atoms in total. The third-order valence-corrected chi connectivity index (χ3v) is 7.95. The average molecular weight is 469 g/mol. The van der Waals surface area contributed by atoms with E-state index in [1.54, 1.807) is 11.6 Å². The van der Waals surface area contributed by atoms with Gasteiger partial charge in [-0.3, -0.25) is 14.6 Å². The van der Waals surface area contributed by atoms with E-state index in [9.17, 15) is 14.7 Å². The van der Waals surface area contributed by atoms with E-state index < -0.39 is 11.4 Å². The fourth-order valence-corrected chi connectivity index (χ4v) is 6.27. The van der Waals surface area contributed by atoms with Crippen molar-refractivity contribution in [3.8, 4) is 16.9 Å². The molecule has 0 spiro atoms. The first-order valence-electron chi connectivity index (χ1n) is 12.1. The molecule has 1 N–H and O–H groups in total. The van der Waals surface area contributed by atoms with Crippen molar-refractivity contribution in [3.05, 3.63) is 70.3 Å². The lowest BCUT2D eigenvalue weighted by molar-refractivity contribution is -0.141. The zero-order valence-electron chi connectivity index (χ0n) is 20.4. The summed E-state index contributed by atoms with van der Waals surface area (Å²) < 4.78 is 7.51. The summed E-state index contributed by atoms with van der Waals surface area (Å²) in [5.74, 6) is -0.196. The number of benzene rings is 2. The average Bonchev–Trinajstić information content (AvgIpc) is 3.60. The summed E-state index contributed by atoms with van der Waals surface area (Å²) in [6.07, 6.45) is 3.09. The number of carboxylic acid groups (broad SMARTS) is 1. The monoisotopic (exact) mass is 468 g/mol. The van der Waals surface area contributed by atoms with Gasteiger partial charge < -0.3 is 14.4 Å². The van der Waals surface area contributed by atoms with Crippen LogP contribution in [0.4, 0.5) is 0 Å². The number of hydrogen-bond donors (Lipinski definition) is 1. The number of fused-ring (bicyclic) bond motifs is 1. The molecule has 1 unspecified atom stereocenters. The van der Waals surface area contributed by atoms with Gasteiger partial charge in [-0.25, -0.2) is 0 Å². The van der Waals surface area contributed by atoms with Gasteiger partial charge >= 0.3 is 5.97 Å². The van der Waals surface area contributed by atoms with Crippen molar-refractivity contribution in [2.75, 3.05) is 6.61 Å². The van der Waals surface area contributed by atoms with Crippen LogP contribution in [0, 0.1) is 11.3 Å². The third-order valence-electron chi connectivity index (χ3n) is 7.95. The van der Waals surface area contributed by atoms with Crippen molar-refractivity contribution >= 4 is 27.6 Å². The summed E-state index contributed by atoms with van der Waals surface area (Å²) in [5.41, 5.74) is 2.55. The predicted molar refractivity (Wildman–Crippen MR) is 136 cm³/mol. The molecule has 2 aromatic carbocycles. The second-order valence-corrected chi connectivity index (χ2v) is 10.9. The summed E-state index contributed by atoms with van der Waals surface area (Å²) in [5, 5.41) is 12.9. The first-order chi connectivity index (χ1) is 16.7. The molecule has 0 bridgehead atoms. The van der Waals surface area contributed by atoms with E-state index in [-0.39, 0.29) is 16.9 Å². The van der Waals surface area contributed by atoms with E-state index in [0.29, 0.717) is 24.1 Å². The largest absolute Gasteiger partial charge is 0.493 e. The quantitative estimate of drug-likeness (QED) is 0.454. The van der Waals surface area contributed by atoms with Crippen LogP contribution in [0.1, 0.15) is 38.4 Å². The maximum Gasteiger partial charge on any atom is 0.316 e. The second-order valence-electron chi connectivity index (χ2n) is 10.9. The molecule has 0 saturated heterocycles. The van der Waals surface area contributed by atoms with Gasteiger partial charge in [-0.2, -0.15) is 0 Å². The van der Waals surface area contributed by atoms with Gasteiger partial charge in [0.25, 0.3) is 5.56 Å². The fourth-order valence-electron chi connectivity index (χ4n) is 6.27. The maximum absolute atomic E-state index is 13.5. The first-order valence-corrected chi connectivity index (χ1v) is 12.1. The van der Waals surface area contributed by atoms with E-state index in [4.69, 9.17) is 9.72 Å². The molecule has 4 aromatic rings. The molecule has 2 atom stereocenters. The normalized spacial score (nSPS) is 21.2. The number of aromatic nitrogens is 2. The highest BCUT2D eigenvalue weighted by Crippen LogP contribution is 2.64. The minimum Gasteiger partial charge on any atom is -0.493 e. The van der Waals surface area contributed by atoms with Crippen LogP contribution in [0.2, 0.25) is 0 Å². The van der Waals surface area contributed by atoms with Crippen LogP contribution in [0.5, 0.6) is 5.75 Å². The molecule has 35 heavy (non-hydrogen) atoms. The molecule has 1 saturated carbocycles. The second kappa shape index (κ2) is 7.17. The topological polar surface area (TPSA) is 81.4 Å². The van der Waals surface area contributed by atoms with Gasteiger partial charge in [-0.1, -0.05) is 39.0 Å². The Balaban J connectivity index is 1.79. The number of carbonyl (C=O) groups is 1. The standard InChI is InChI=1S/C29H28N2O4/c1-28(2,3)21-15-29(21,27(33)34)25-23(17-7-5-6-8-18(17)26(32)31(25)4)19-9-10-20-22-16(12-14-35-20)11-13-30-24(19)22/h5-11,13,21H,12,14-15H2,1-4H3,(H,33,34)/t21?,29-/m0/s1. The van der Waals surface area contributed by atoms with E-state index in [2.05, 4.69) is 20.8 Å². The van der Waals surface area contributed by atoms with Crippen LogP contribution in [-0.4, -0.2) is 27.2 Å². The molecule has 1 fully saturated rings. The molecule has 6 rings (SSSR count). The van der Waals surface area contributed by atoms with E-state index >= 15 is 0 Å². The molecule has 178 valence electrons. The predicted octanol–water partition coefficient (Wildman–Crippen LogP) is 5.08. The van der Waals surface area contributed by atoms with Gasteiger partial charge in [-0.15, -0.1) is 0 Å². The molecule has 2 aromatic heterocycles. The molecule has 0 radical (unpaired) electrons. The number of pyridine rings is 2. The van der Waals surface area contributed by atoms with Crippen LogP contribution >= 0.6 is 0 Å². The van der Waals surface area contributed by atoms with Crippen molar-refractivity contribution in [3.63, 3.8) is 0 Å². The van der Waals surface area contributed by atoms with Crippen LogP contribution in [0.3, 0.4) is 0 Å². The first kappa shape index (κ1) is 21.8.